The third-order valence-electron chi connectivity index (χ3n) is 27.4. The van der Waals surface area contributed by atoms with Crippen LogP contribution in [-0.2, 0) is 10.8 Å². The Balaban J connectivity index is 0.000000145. The summed E-state index contributed by atoms with van der Waals surface area (Å²) in [5, 5.41) is 2.52. The van der Waals surface area contributed by atoms with E-state index in [1.807, 2.05) is 49.6 Å². The number of hydrogen-bond acceptors (Lipinski definition) is 4. The fourth-order valence-electron chi connectivity index (χ4n) is 21.2. The van der Waals surface area contributed by atoms with Crippen LogP contribution >= 0.6 is 0 Å². The van der Waals surface area contributed by atoms with Crippen molar-refractivity contribution in [1.82, 2.24) is 24.5 Å². The third-order valence-corrected chi connectivity index (χ3v) is 27.4. The van der Waals surface area contributed by atoms with E-state index in [1.165, 1.54) is 189 Å². The molecule has 0 amide bonds. The molecule has 0 bridgehead atoms. The summed E-state index contributed by atoms with van der Waals surface area (Å²) in [6, 6.07) is 159. The zero-order valence-corrected chi connectivity index (χ0v) is 72.3. The summed E-state index contributed by atoms with van der Waals surface area (Å²) in [6.07, 6.45) is 14.8. The quantitative estimate of drug-likeness (QED) is 0.109. The molecule has 0 radical (unpaired) electrons. The van der Waals surface area contributed by atoms with Gasteiger partial charge in [-0.15, -0.1) is 0 Å². The van der Waals surface area contributed by atoms with E-state index in [9.17, 15) is 0 Å². The monoisotopic (exact) mass is 1670 g/mol. The molecular formula is C126H85N5. The predicted molar refractivity (Wildman–Crippen MR) is 543 cm³/mol. The molecule has 0 unspecified atom stereocenters. The van der Waals surface area contributed by atoms with Gasteiger partial charge in [-0.2, -0.15) is 0 Å². The van der Waals surface area contributed by atoms with Crippen LogP contribution in [0.1, 0.15) is 47.2 Å². The molecule has 131 heavy (non-hydrogen) atoms. The van der Waals surface area contributed by atoms with Crippen LogP contribution in [0.5, 0.6) is 0 Å². The van der Waals surface area contributed by atoms with Gasteiger partial charge in [0.1, 0.15) is 0 Å². The first-order chi connectivity index (χ1) is 64.7. The van der Waals surface area contributed by atoms with Crippen LogP contribution in [0.3, 0.4) is 0 Å². The molecule has 17 aromatic carbocycles. The summed E-state index contributed by atoms with van der Waals surface area (Å²) in [5.74, 6) is 0. The van der Waals surface area contributed by atoms with Gasteiger partial charge in [-0.3, -0.25) is 19.9 Å². The molecule has 0 fully saturated rings. The highest BCUT2D eigenvalue weighted by Crippen LogP contribution is 2.64. The molecule has 3 aliphatic carbocycles. The maximum Gasteiger partial charge on any atom is 0.0725 e. The zero-order valence-electron chi connectivity index (χ0n) is 72.3. The van der Waals surface area contributed by atoms with Crippen molar-refractivity contribution in [2.75, 3.05) is 0 Å². The molecule has 0 aliphatic heterocycles. The standard InChI is InChI=1S/C65H42N2.C61H43N3/c1-4-24-60-57(20-1)58-21-2-5-25-61(58)65(60)62-26-6-3-22-59(62)64-56(23-11-27-63(64)65)55-41-53(51-18-9-16-49(38-51)47-14-7-12-45(36-47)43-28-32-66-33-29-43)40-54(42-55)52-19-10-17-50(39-52)48-15-8-13-46(37-48)44-30-34-67-35-31-44;1-61(2)57-21-5-3-19-53(57)55-38-56-54-20-4-6-22-59(54)64(60(56)39-58(55)61)52-36-50(48-17-9-15-46(33-48)44-13-7-11-42(31-44)40-23-27-62-28-24-40)35-51(37-52)49-18-10-16-47(34-49)45-14-8-12-43(32-45)41-25-29-63-30-26-41/h1-42H;3-39H,1-2H3. The van der Waals surface area contributed by atoms with Crippen LogP contribution in [0.2, 0.25) is 0 Å². The van der Waals surface area contributed by atoms with E-state index in [0.29, 0.717) is 0 Å². The first-order valence-corrected chi connectivity index (χ1v) is 45.0. The minimum absolute atomic E-state index is 0.126. The number of fused-ring (bicyclic) bond motifs is 16. The molecule has 5 heteroatoms. The maximum absolute atomic E-state index is 4.25. The van der Waals surface area contributed by atoms with Gasteiger partial charge in [0, 0.05) is 71.4 Å². The Hall–Kier alpha value is -16.9. The second-order valence-electron chi connectivity index (χ2n) is 35.2. The van der Waals surface area contributed by atoms with E-state index in [-0.39, 0.29) is 5.41 Å². The highest BCUT2D eigenvalue weighted by atomic mass is 15.0. The fraction of sp³-hybridized carbons (Fsp3) is 0.0317. The van der Waals surface area contributed by atoms with Crippen LogP contribution < -0.4 is 0 Å². The smallest absolute Gasteiger partial charge is 0.0725 e. The molecular weight excluding hydrogens is 1580 g/mol. The first kappa shape index (κ1) is 77.7. The van der Waals surface area contributed by atoms with Gasteiger partial charge in [-0.25, -0.2) is 0 Å². The predicted octanol–water partition coefficient (Wildman–Crippen LogP) is 32.4. The van der Waals surface area contributed by atoms with Gasteiger partial charge in [-0.1, -0.05) is 293 Å². The summed E-state index contributed by atoms with van der Waals surface area (Å²) >= 11 is 0. The number of pyridine rings is 4. The van der Waals surface area contributed by atoms with Crippen LogP contribution in [0, 0.1) is 0 Å². The lowest BCUT2D eigenvalue weighted by Gasteiger charge is -2.30. The third kappa shape index (κ3) is 13.6. The first-order valence-electron chi connectivity index (χ1n) is 45.0. The summed E-state index contributed by atoms with van der Waals surface area (Å²) < 4.78 is 2.50. The van der Waals surface area contributed by atoms with E-state index in [0.717, 1.165) is 50.2 Å². The van der Waals surface area contributed by atoms with Crippen molar-refractivity contribution in [3.63, 3.8) is 0 Å². The highest BCUT2D eigenvalue weighted by Gasteiger charge is 2.52. The Labute approximate surface area is 763 Å². The van der Waals surface area contributed by atoms with Gasteiger partial charge in [0.05, 0.1) is 16.4 Å². The van der Waals surface area contributed by atoms with Gasteiger partial charge in [0.25, 0.3) is 0 Å². The summed E-state index contributed by atoms with van der Waals surface area (Å²) in [5.41, 5.74) is 49.4. The van der Waals surface area contributed by atoms with Crippen molar-refractivity contribution < 1.29 is 0 Å². The molecule has 25 rings (SSSR count). The molecule has 0 saturated heterocycles. The summed E-state index contributed by atoms with van der Waals surface area (Å²) in [7, 11) is 0. The maximum atomic E-state index is 4.25. The van der Waals surface area contributed by atoms with Crippen molar-refractivity contribution in [3.05, 3.63) is 514 Å². The number of rotatable bonds is 14. The van der Waals surface area contributed by atoms with Crippen LogP contribution in [0.15, 0.2) is 480 Å². The fourth-order valence-corrected chi connectivity index (χ4v) is 21.2. The van der Waals surface area contributed by atoms with E-state index in [2.05, 4.69) is 469 Å². The van der Waals surface area contributed by atoms with Gasteiger partial charge in [0.15, 0.2) is 0 Å². The molecule has 614 valence electrons. The Morgan fingerprint density at radius 3 is 0.817 bits per heavy atom. The number of para-hydroxylation sites is 1. The van der Waals surface area contributed by atoms with Crippen LogP contribution in [0.25, 0.3) is 206 Å². The molecule has 5 heterocycles. The van der Waals surface area contributed by atoms with Gasteiger partial charge in [0.2, 0.25) is 0 Å². The molecule has 5 aromatic heterocycles. The SMILES string of the molecule is CC1(C)c2ccccc2-c2cc3c4ccccc4n(-c4cc(-c5cccc(-c6cccc(-c7ccncc7)c6)c5)cc(-c5cccc(-c6cccc(-c7ccncc7)c6)c5)c4)c3cc21.c1cc(-c2ccncc2)cc(-c2cccc(-c3cc(-c4cccc(-c5cccc(-c6ccncc6)c5)c4)cc(-c4cccc5c4-c4ccccc4C54c5ccccc5-c5ccccc54)c3)c2)c1. The number of aromatic nitrogens is 5. The molecule has 1 spiro atoms. The van der Waals surface area contributed by atoms with Crippen molar-refractivity contribution >= 4 is 21.8 Å². The average molecular weight is 1670 g/mol. The minimum Gasteiger partial charge on any atom is -0.309 e. The van der Waals surface area contributed by atoms with E-state index in [4.69, 9.17) is 0 Å². The van der Waals surface area contributed by atoms with E-state index in [1.54, 1.807) is 0 Å². The average Bonchev–Trinajstić information content (AvgIpc) is 1.50. The molecule has 22 aromatic rings. The Morgan fingerprint density at radius 1 is 0.168 bits per heavy atom. The van der Waals surface area contributed by atoms with Gasteiger partial charge < -0.3 is 4.57 Å². The minimum atomic E-state index is -0.423. The van der Waals surface area contributed by atoms with Crippen LogP contribution in [-0.4, -0.2) is 24.5 Å². The molecule has 0 atom stereocenters. The van der Waals surface area contributed by atoms with Gasteiger partial charge in [-0.05, 0) is 363 Å². The molecule has 3 aliphatic rings. The highest BCUT2D eigenvalue weighted by molar-refractivity contribution is 6.12. The number of hydrogen-bond donors (Lipinski definition) is 0. The lowest BCUT2D eigenvalue weighted by atomic mass is 9.70. The second kappa shape index (κ2) is 32.2. The second-order valence-corrected chi connectivity index (χ2v) is 35.2. The largest absolute Gasteiger partial charge is 0.309 e. The number of nitrogens with zero attached hydrogens (tertiary/aromatic N) is 5. The van der Waals surface area contributed by atoms with Gasteiger partial charge >= 0.3 is 0 Å². The zero-order chi connectivity index (χ0) is 87.1. The lowest BCUT2D eigenvalue weighted by Crippen LogP contribution is -2.25. The normalized spacial score (nSPS) is 12.6. The molecule has 5 nitrogen and oxygen atoms in total. The van der Waals surface area contributed by atoms with Crippen molar-refractivity contribution in [2.24, 2.45) is 0 Å². The lowest BCUT2D eigenvalue weighted by molar-refractivity contribution is 0.661. The van der Waals surface area contributed by atoms with E-state index >= 15 is 0 Å². The van der Waals surface area contributed by atoms with Crippen molar-refractivity contribution in [2.45, 2.75) is 24.7 Å². The summed E-state index contributed by atoms with van der Waals surface area (Å²) in [4.78, 5) is 17.0. The Morgan fingerprint density at radius 2 is 0.435 bits per heavy atom. The molecule has 0 saturated carbocycles. The Kier molecular flexibility index (Phi) is 19.1. The number of benzene rings is 17. The molecule has 0 N–H and O–H groups in total. The Bertz CT molecular complexity index is 7910. The topological polar surface area (TPSA) is 56.5 Å². The van der Waals surface area contributed by atoms with Crippen LogP contribution in [0.4, 0.5) is 0 Å². The summed E-state index contributed by atoms with van der Waals surface area (Å²) in [6.45, 7) is 4.74. The van der Waals surface area contributed by atoms with Crippen molar-refractivity contribution in [3.8, 4) is 184 Å². The van der Waals surface area contributed by atoms with Crippen molar-refractivity contribution in [1.29, 1.82) is 0 Å². The van der Waals surface area contributed by atoms with E-state index < -0.39 is 5.41 Å².